The molecule has 17 aromatic rings. The van der Waals surface area contributed by atoms with Gasteiger partial charge < -0.3 is 18.8 Å². The predicted octanol–water partition coefficient (Wildman–Crippen LogP) is 14.5. The Morgan fingerprint density at radius 2 is 1.26 bits per heavy atom. The Morgan fingerprint density at radius 1 is 0.494 bits per heavy atom. The molecule has 0 bridgehead atoms. The number of thiazole rings is 1. The molecule has 19 heteroatoms. The summed E-state index contributed by atoms with van der Waals surface area (Å²) in [5.41, 5.74) is 12.4. The highest BCUT2D eigenvalue weighted by atomic mass is 32.1. The minimum Gasteiger partial charge on any atom is -0.443 e. The van der Waals surface area contributed by atoms with Crippen molar-refractivity contribution in [1.29, 1.82) is 0 Å². The van der Waals surface area contributed by atoms with Crippen LogP contribution in [0.15, 0.2) is 318 Å². The van der Waals surface area contributed by atoms with Crippen LogP contribution in [0, 0.1) is 0 Å². The van der Waals surface area contributed by atoms with E-state index in [1.54, 1.807) is 76.6 Å². The summed E-state index contributed by atoms with van der Waals surface area (Å²) >= 11 is 3.35. The second-order valence-corrected chi connectivity index (χ2v) is 19.1. The van der Waals surface area contributed by atoms with Crippen LogP contribution in [0.3, 0.4) is 0 Å². The molecule has 0 fully saturated rings. The summed E-state index contributed by atoms with van der Waals surface area (Å²) in [6, 6.07) is 68.4. The summed E-state index contributed by atoms with van der Waals surface area (Å²) in [4.78, 5) is 49.1. The maximum atomic E-state index is 10.2. The van der Waals surface area contributed by atoms with Gasteiger partial charge in [-0.3, -0.25) is 14.8 Å². The number of aromatic amines is 2. The number of nitrogens with zero attached hydrogens (tertiary/aromatic N) is 13. The third kappa shape index (κ3) is 18.8. The second-order valence-electron chi connectivity index (χ2n) is 17.4. The summed E-state index contributed by atoms with van der Waals surface area (Å²) in [5.74, 6) is 0. The number of rotatable bonds is 0. The molecule has 0 unspecified atom stereocenters. The topological polar surface area (TPSA) is 203 Å². The first kappa shape index (κ1) is 58.3. The van der Waals surface area contributed by atoms with Crippen molar-refractivity contribution in [3.05, 3.63) is 326 Å². The first-order valence-electron chi connectivity index (χ1n) is 26.4. The smallest absolute Gasteiger partial charge is 0.247 e. The fourth-order valence-electron chi connectivity index (χ4n) is 7.52. The molecule has 17 nitrogen and oxygen atoms in total. The van der Waals surface area contributed by atoms with Gasteiger partial charge in [0.1, 0.15) is 22.3 Å². The lowest BCUT2D eigenvalue weighted by Gasteiger charge is -1.91. The van der Waals surface area contributed by atoms with E-state index in [0.29, 0.717) is 0 Å². The van der Waals surface area contributed by atoms with Crippen LogP contribution in [0.2, 0.25) is 0 Å². The summed E-state index contributed by atoms with van der Waals surface area (Å²) in [6.07, 6.45) is 24.8. The van der Waals surface area contributed by atoms with Gasteiger partial charge in [0.15, 0.2) is 17.6 Å². The molecule has 2 N–H and O–H groups in total. The van der Waals surface area contributed by atoms with Gasteiger partial charge in [0.25, 0.3) is 0 Å². The zero-order chi connectivity index (χ0) is 58.2. The number of hydrogen-bond donors (Lipinski definition) is 2. The summed E-state index contributed by atoms with van der Waals surface area (Å²) < 4.78 is 11.8. The first-order valence-corrected chi connectivity index (χ1v) is 28.2. The fourth-order valence-corrected chi connectivity index (χ4v) is 8.93. The molecule has 0 amide bonds. The van der Waals surface area contributed by atoms with Gasteiger partial charge in [-0.1, -0.05) is 97.1 Å². The highest BCUT2D eigenvalue weighted by molar-refractivity contribution is 7.17. The van der Waals surface area contributed by atoms with Crippen LogP contribution < -0.4 is 5.56 Å². The first-order chi connectivity index (χ1) is 42.1. The van der Waals surface area contributed by atoms with E-state index in [2.05, 4.69) is 95.8 Å². The molecule has 0 saturated carbocycles. The minimum absolute atomic E-state index is 0.0532. The molecule has 0 spiro atoms. The zero-order valence-electron chi connectivity index (χ0n) is 45.6. The molecule has 18 rings (SSSR count). The molecule has 0 saturated heterocycles. The third-order valence-corrected chi connectivity index (χ3v) is 13.3. The summed E-state index contributed by atoms with van der Waals surface area (Å²) in [6.45, 7) is 0.871. The van der Waals surface area contributed by atoms with Crippen molar-refractivity contribution in [2.75, 3.05) is 0 Å². The van der Waals surface area contributed by atoms with Crippen molar-refractivity contribution in [3.8, 4) is 0 Å². The van der Waals surface area contributed by atoms with E-state index in [0.717, 1.165) is 55.8 Å². The molecule has 0 aliphatic carbocycles. The summed E-state index contributed by atoms with van der Waals surface area (Å²) in [5, 5.41) is 11.3. The average molecular weight is 1150 g/mol. The number of aromatic nitrogens is 14. The van der Waals surface area contributed by atoms with Crippen molar-refractivity contribution in [2.24, 2.45) is 4.99 Å². The Bertz CT molecular complexity index is 3790. The maximum absolute atomic E-state index is 10.2. The Labute approximate surface area is 495 Å². The molecule has 13 aromatic heterocycles. The molecule has 1 aliphatic heterocycles. The lowest BCUT2D eigenvalue weighted by Crippen LogP contribution is -1.98. The normalized spacial score (nSPS) is 10.3. The Hall–Kier alpha value is -11.4. The van der Waals surface area contributed by atoms with Crippen molar-refractivity contribution >= 4 is 88.3 Å². The molecule has 0 atom stereocenters. The average Bonchev–Trinajstić information content (AvgIpc) is 4.49. The van der Waals surface area contributed by atoms with E-state index < -0.39 is 0 Å². The number of hydrogen-bond acceptors (Lipinski definition) is 14. The van der Waals surface area contributed by atoms with Crippen LogP contribution in [-0.2, 0) is 6.54 Å². The van der Waals surface area contributed by atoms with Gasteiger partial charge in [0.05, 0.1) is 45.1 Å². The van der Waals surface area contributed by atoms with E-state index in [1.165, 1.54) is 40.0 Å². The highest BCUT2D eigenvalue weighted by Crippen LogP contribution is 2.17. The number of aliphatic imine (C=N–C) groups is 1. The van der Waals surface area contributed by atoms with E-state index in [1.807, 2.05) is 215 Å². The number of nitrogens with one attached hydrogen (secondary N) is 2. The number of imidazole rings is 2. The van der Waals surface area contributed by atoms with Crippen molar-refractivity contribution in [3.63, 3.8) is 0 Å². The van der Waals surface area contributed by atoms with E-state index in [4.69, 9.17) is 4.42 Å². The quantitative estimate of drug-likeness (QED) is 0.146. The Kier molecular flexibility index (Phi) is 22.4. The minimum atomic E-state index is -0.0532. The van der Waals surface area contributed by atoms with E-state index >= 15 is 0 Å². The summed E-state index contributed by atoms with van der Waals surface area (Å²) in [7, 11) is 0. The number of thiophene rings is 1. The number of oxazole rings is 1. The molecular weight excluding hydrogens is 1100 g/mol. The molecule has 85 heavy (non-hydrogen) atoms. The van der Waals surface area contributed by atoms with Crippen LogP contribution in [0.4, 0.5) is 0 Å². The lowest BCUT2D eigenvalue weighted by atomic mass is 10.1. The van der Waals surface area contributed by atoms with Gasteiger partial charge in [-0.05, 0) is 126 Å². The van der Waals surface area contributed by atoms with Gasteiger partial charge in [0.2, 0.25) is 5.56 Å². The molecule has 4 aromatic carbocycles. The van der Waals surface area contributed by atoms with Gasteiger partial charge >= 0.3 is 0 Å². The van der Waals surface area contributed by atoms with Gasteiger partial charge in [-0.15, -0.1) is 22.7 Å². The van der Waals surface area contributed by atoms with E-state index in [9.17, 15) is 4.79 Å². The number of para-hydroxylation sites is 5. The predicted molar refractivity (Wildman–Crippen MR) is 342 cm³/mol. The molecule has 0 radical (unpaired) electrons. The second kappa shape index (κ2) is 32.7. The third-order valence-electron chi connectivity index (χ3n) is 11.6. The molecular formula is C66H55N15O2S2. The maximum Gasteiger partial charge on any atom is 0.247 e. The molecule has 1 aliphatic rings. The lowest BCUT2D eigenvalue weighted by molar-refractivity contribution is 0.602. The van der Waals surface area contributed by atoms with Gasteiger partial charge in [-0.2, -0.15) is 10.2 Å². The van der Waals surface area contributed by atoms with Crippen LogP contribution in [0.25, 0.3) is 59.4 Å². The number of pyridine rings is 6. The zero-order valence-corrected chi connectivity index (χ0v) is 47.2. The number of benzene rings is 4. The van der Waals surface area contributed by atoms with Crippen LogP contribution in [0.5, 0.6) is 0 Å². The van der Waals surface area contributed by atoms with Crippen molar-refractivity contribution in [2.45, 2.75) is 6.54 Å². The highest BCUT2D eigenvalue weighted by Gasteiger charge is 2.02. The standard InChI is InChI=1S/C8H7N.3C7H6N2.C7H5NO.2C7H5NS.C6H5N3.C5H5NO.C5H5N/c1-2-4-8-6-9-5-7(8)3-1;1-2-6-9-7(3-1)4-5-8-9;1-2-5-9-6-4-8-7(9)3-1;2*1-2-4-7-6(3-1)8-5-9-7;1-2-6-3-5-9-7(6)8-4-1;1-2-4-7-6(3-1)8-5-9-7;1-2-4-9-6(3-1)7-5-8-9;7-5-3-1-2-4-6-5;1-2-4-6-5-3-1/h1-5H,6H2;2*1-6H;1-5H,(H,8,9);4*1-5H;1-4H,(H,6,7);1-5H. The largest absolute Gasteiger partial charge is 0.443 e. The van der Waals surface area contributed by atoms with E-state index in [-0.39, 0.29) is 5.56 Å². The Morgan fingerprint density at radius 3 is 2.00 bits per heavy atom. The monoisotopic (exact) mass is 1150 g/mol. The SMILES string of the molecule is C1=NCc2ccccc21.O=c1cccc[nH]1.c1ccc2[nH]cnc2c1.c1ccc2ocnc2c1.c1ccc2scnc2c1.c1ccn2ccnc2c1.c1ccn2nccc2c1.c1ccn2ncnc2c1.c1ccncc1.c1cnc2sccc2c1. The van der Waals surface area contributed by atoms with Crippen LogP contribution >= 0.6 is 22.7 Å². The number of fused-ring (bicyclic) bond motifs is 8. The van der Waals surface area contributed by atoms with Crippen LogP contribution in [-0.4, -0.2) is 74.7 Å². The van der Waals surface area contributed by atoms with Gasteiger partial charge in [-0.25, -0.2) is 38.9 Å². The molecule has 418 valence electrons. The van der Waals surface area contributed by atoms with Crippen molar-refractivity contribution < 1.29 is 4.42 Å². The fraction of sp³-hybridized carbons (Fsp3) is 0.0152. The number of H-pyrrole nitrogens is 2. The van der Waals surface area contributed by atoms with Crippen LogP contribution in [0.1, 0.15) is 11.1 Å². The Balaban J connectivity index is 0.000000113. The van der Waals surface area contributed by atoms with Gasteiger partial charge in [0, 0.05) is 79.6 Å². The molecule has 14 heterocycles. The van der Waals surface area contributed by atoms with Crippen molar-refractivity contribution in [1.82, 2.24) is 68.5 Å².